The number of benzene rings is 1. The molecule has 0 fully saturated rings. The van der Waals surface area contributed by atoms with Gasteiger partial charge in [0.2, 0.25) is 0 Å². The fraction of sp³-hybridized carbons (Fsp3) is 0.308. The molecule has 0 amide bonds. The third-order valence-electron chi connectivity index (χ3n) is 3.50. The minimum absolute atomic E-state index is 0.366. The predicted molar refractivity (Wildman–Crippen MR) is 79.5 cm³/mol. The van der Waals surface area contributed by atoms with Crippen molar-refractivity contribution in [3.63, 3.8) is 0 Å². The van der Waals surface area contributed by atoms with Gasteiger partial charge in [-0.25, -0.2) is 4.68 Å². The van der Waals surface area contributed by atoms with Crippen LogP contribution in [-0.2, 0) is 12.8 Å². The zero-order chi connectivity index (χ0) is 12.7. The van der Waals surface area contributed by atoms with E-state index in [1.165, 1.54) is 11.1 Å². The van der Waals surface area contributed by atoms with Gasteiger partial charge in [-0.05, 0) is 58.5 Å². The zero-order valence-corrected chi connectivity index (χ0v) is 12.9. The summed E-state index contributed by atoms with van der Waals surface area (Å²) in [4.78, 5) is 0. The monoisotopic (exact) mass is 369 g/mol. The highest BCUT2D eigenvalue weighted by atomic mass is 79.9. The molecule has 0 radical (unpaired) electrons. The number of halogens is 2. The van der Waals surface area contributed by atoms with E-state index in [2.05, 4.69) is 55.2 Å². The van der Waals surface area contributed by atoms with Crippen LogP contribution < -0.4 is 5.73 Å². The molecule has 1 atom stereocenters. The molecule has 5 heteroatoms. The summed E-state index contributed by atoms with van der Waals surface area (Å²) >= 11 is 6.93. The molecule has 0 saturated carbocycles. The van der Waals surface area contributed by atoms with Crippen molar-refractivity contribution in [1.82, 2.24) is 9.78 Å². The van der Waals surface area contributed by atoms with Gasteiger partial charge in [0.05, 0.1) is 16.7 Å². The van der Waals surface area contributed by atoms with Crippen molar-refractivity contribution in [2.75, 3.05) is 5.73 Å². The number of hydrogen-bond donors (Lipinski definition) is 1. The average molecular weight is 371 g/mol. The van der Waals surface area contributed by atoms with Gasteiger partial charge in [0, 0.05) is 4.47 Å². The predicted octanol–water partition coefficient (Wildman–Crippen LogP) is 3.72. The molecule has 1 aromatic heterocycles. The molecule has 1 unspecified atom stereocenters. The zero-order valence-electron chi connectivity index (χ0n) is 9.74. The van der Waals surface area contributed by atoms with Gasteiger partial charge in [-0.3, -0.25) is 0 Å². The molecule has 2 aromatic rings. The van der Waals surface area contributed by atoms with E-state index in [0.29, 0.717) is 6.04 Å². The Hall–Kier alpha value is -0.810. The Balaban J connectivity index is 1.91. The fourth-order valence-corrected chi connectivity index (χ4v) is 3.24. The normalized spacial score (nSPS) is 18.7. The smallest absolute Gasteiger partial charge is 0.136 e. The Labute approximate surface area is 123 Å². The molecule has 1 aliphatic carbocycles. The van der Waals surface area contributed by atoms with Crippen molar-refractivity contribution in [1.29, 1.82) is 0 Å². The number of nitrogen functional groups attached to an aromatic ring is 1. The summed E-state index contributed by atoms with van der Waals surface area (Å²) in [6.07, 6.45) is 4.94. The number of nitrogens with two attached hydrogens (primary N) is 1. The molecule has 3 rings (SSSR count). The van der Waals surface area contributed by atoms with Crippen LogP contribution in [0.2, 0.25) is 0 Å². The molecule has 18 heavy (non-hydrogen) atoms. The first-order chi connectivity index (χ1) is 8.65. The van der Waals surface area contributed by atoms with E-state index in [1.807, 2.05) is 4.68 Å². The maximum Gasteiger partial charge on any atom is 0.136 e. The number of hydrogen-bond acceptors (Lipinski definition) is 2. The molecular weight excluding hydrogens is 358 g/mol. The van der Waals surface area contributed by atoms with Gasteiger partial charge in [-0.2, -0.15) is 5.10 Å². The second-order valence-corrected chi connectivity index (χ2v) is 6.40. The van der Waals surface area contributed by atoms with E-state index in [1.54, 1.807) is 6.20 Å². The molecule has 1 aliphatic rings. The number of aromatic nitrogens is 2. The lowest BCUT2D eigenvalue weighted by atomic mass is 9.88. The lowest BCUT2D eigenvalue weighted by Gasteiger charge is -2.25. The highest BCUT2D eigenvalue weighted by Gasteiger charge is 2.22. The largest absolute Gasteiger partial charge is 0.383 e. The third-order valence-corrected chi connectivity index (χ3v) is 4.61. The molecule has 0 spiro atoms. The number of aryl methyl sites for hydroxylation is 1. The number of anilines is 1. The second kappa shape index (κ2) is 4.70. The van der Waals surface area contributed by atoms with Crippen LogP contribution in [0.25, 0.3) is 0 Å². The van der Waals surface area contributed by atoms with Crippen molar-refractivity contribution in [2.24, 2.45) is 0 Å². The Morgan fingerprint density at radius 2 is 2.11 bits per heavy atom. The van der Waals surface area contributed by atoms with Crippen LogP contribution in [0.3, 0.4) is 0 Å². The maximum absolute atomic E-state index is 6.02. The molecule has 0 saturated heterocycles. The second-order valence-electron chi connectivity index (χ2n) is 4.63. The highest BCUT2D eigenvalue weighted by molar-refractivity contribution is 9.10. The Bertz CT molecular complexity index is 592. The van der Waals surface area contributed by atoms with Gasteiger partial charge >= 0.3 is 0 Å². The molecule has 0 aliphatic heterocycles. The quantitative estimate of drug-likeness (QED) is 0.831. The first-order valence-corrected chi connectivity index (χ1v) is 7.49. The van der Waals surface area contributed by atoms with Crippen LogP contribution in [0, 0.1) is 0 Å². The van der Waals surface area contributed by atoms with E-state index in [0.717, 1.165) is 34.0 Å². The van der Waals surface area contributed by atoms with E-state index in [9.17, 15) is 0 Å². The van der Waals surface area contributed by atoms with Crippen molar-refractivity contribution < 1.29 is 0 Å². The van der Waals surface area contributed by atoms with E-state index >= 15 is 0 Å². The van der Waals surface area contributed by atoms with Crippen LogP contribution in [0.15, 0.2) is 33.3 Å². The van der Waals surface area contributed by atoms with E-state index in [-0.39, 0.29) is 0 Å². The fourth-order valence-electron chi connectivity index (χ4n) is 2.55. The summed E-state index contributed by atoms with van der Waals surface area (Å²) < 4.78 is 3.97. The minimum atomic E-state index is 0.366. The molecule has 1 aromatic carbocycles. The van der Waals surface area contributed by atoms with Crippen molar-refractivity contribution in [2.45, 2.75) is 25.3 Å². The standard InChI is InChI=1S/C13H13Br2N3/c14-10-3-1-9-6-11(4-2-8(9)5-10)18-13(16)12(15)7-17-18/h1,3,5,7,11H,2,4,6,16H2. The van der Waals surface area contributed by atoms with Gasteiger partial charge in [-0.1, -0.05) is 22.0 Å². The van der Waals surface area contributed by atoms with Crippen molar-refractivity contribution in [3.05, 3.63) is 44.5 Å². The summed E-state index contributed by atoms with van der Waals surface area (Å²) in [6, 6.07) is 6.88. The Morgan fingerprint density at radius 3 is 2.83 bits per heavy atom. The Morgan fingerprint density at radius 1 is 1.28 bits per heavy atom. The van der Waals surface area contributed by atoms with Crippen LogP contribution >= 0.6 is 31.9 Å². The summed E-state index contributed by atoms with van der Waals surface area (Å²) in [6.45, 7) is 0. The summed E-state index contributed by atoms with van der Waals surface area (Å²) in [5.41, 5.74) is 8.86. The van der Waals surface area contributed by atoms with Crippen LogP contribution in [0.5, 0.6) is 0 Å². The van der Waals surface area contributed by atoms with Gasteiger partial charge < -0.3 is 5.73 Å². The number of rotatable bonds is 1. The first-order valence-electron chi connectivity index (χ1n) is 5.91. The van der Waals surface area contributed by atoms with Gasteiger partial charge in [-0.15, -0.1) is 0 Å². The molecule has 0 bridgehead atoms. The maximum atomic E-state index is 6.02. The summed E-state index contributed by atoms with van der Waals surface area (Å²) in [5, 5.41) is 4.36. The van der Waals surface area contributed by atoms with Crippen LogP contribution in [0.1, 0.15) is 23.6 Å². The summed E-state index contributed by atoms with van der Waals surface area (Å²) in [5.74, 6) is 0.723. The number of fused-ring (bicyclic) bond motifs is 1. The molecular formula is C13H13Br2N3. The average Bonchev–Trinajstić information content (AvgIpc) is 2.69. The van der Waals surface area contributed by atoms with Crippen LogP contribution in [-0.4, -0.2) is 9.78 Å². The molecule has 2 N–H and O–H groups in total. The van der Waals surface area contributed by atoms with E-state index in [4.69, 9.17) is 5.73 Å². The summed E-state index contributed by atoms with van der Waals surface area (Å²) in [7, 11) is 0. The van der Waals surface area contributed by atoms with Gasteiger partial charge in [0.1, 0.15) is 5.82 Å². The lowest BCUT2D eigenvalue weighted by Crippen LogP contribution is -2.21. The SMILES string of the molecule is Nc1c(Br)cnn1C1CCc2cc(Br)ccc2C1. The van der Waals surface area contributed by atoms with Gasteiger partial charge in [0.25, 0.3) is 0 Å². The van der Waals surface area contributed by atoms with Crippen molar-refractivity contribution in [3.8, 4) is 0 Å². The molecule has 1 heterocycles. The van der Waals surface area contributed by atoms with Crippen molar-refractivity contribution >= 4 is 37.7 Å². The van der Waals surface area contributed by atoms with Crippen LogP contribution in [0.4, 0.5) is 5.82 Å². The Kier molecular flexibility index (Phi) is 3.20. The number of nitrogens with zero attached hydrogens (tertiary/aromatic N) is 2. The van der Waals surface area contributed by atoms with Gasteiger partial charge in [0.15, 0.2) is 0 Å². The van der Waals surface area contributed by atoms with E-state index < -0.39 is 0 Å². The first kappa shape index (κ1) is 12.2. The minimum Gasteiger partial charge on any atom is -0.383 e. The topological polar surface area (TPSA) is 43.8 Å². The molecule has 94 valence electrons. The molecule has 3 nitrogen and oxygen atoms in total. The lowest BCUT2D eigenvalue weighted by molar-refractivity contribution is 0.410. The third kappa shape index (κ3) is 2.10. The highest BCUT2D eigenvalue weighted by Crippen LogP contribution is 2.33.